The summed E-state index contributed by atoms with van der Waals surface area (Å²) in [4.78, 5) is 32.3. The van der Waals surface area contributed by atoms with Crippen LogP contribution in [0.2, 0.25) is 0 Å². The molecule has 4 aliphatic rings. The van der Waals surface area contributed by atoms with Crippen LogP contribution in [0.15, 0.2) is 40.3 Å². The number of thiophene rings is 1. The van der Waals surface area contributed by atoms with Gasteiger partial charge in [0.25, 0.3) is 11.7 Å². The molecule has 2 aliphatic heterocycles. The van der Waals surface area contributed by atoms with E-state index in [1.54, 1.807) is 11.3 Å². The predicted molar refractivity (Wildman–Crippen MR) is 159 cm³/mol. The molecule has 2 aliphatic carbocycles. The maximum Gasteiger partial charge on any atom is 0.254 e. The third kappa shape index (κ3) is 4.51. The minimum atomic E-state index is -0.760. The molecule has 1 saturated carbocycles. The quantitative estimate of drug-likeness (QED) is 0.414. The van der Waals surface area contributed by atoms with Gasteiger partial charge in [0, 0.05) is 60.0 Å². The molecule has 0 radical (unpaired) electrons. The summed E-state index contributed by atoms with van der Waals surface area (Å²) in [6.07, 6.45) is 7.56. The number of Topliss-reactive ketones (excluding diaryl/α,β-unsaturated/α-hetero) is 1. The number of ketones is 1. The van der Waals surface area contributed by atoms with E-state index >= 15 is 0 Å². The second-order valence-electron chi connectivity index (χ2n) is 12.4. The van der Waals surface area contributed by atoms with E-state index in [9.17, 15) is 9.59 Å². The Morgan fingerprint density at radius 1 is 1.05 bits per heavy atom. The molecule has 7 heteroatoms. The Balaban J connectivity index is 1.37. The Morgan fingerprint density at radius 3 is 2.42 bits per heavy atom. The second-order valence-corrected chi connectivity index (χ2v) is 13.4. The van der Waals surface area contributed by atoms with Crippen molar-refractivity contribution in [2.75, 3.05) is 27.2 Å². The Hall–Kier alpha value is -2.90. The third-order valence-electron chi connectivity index (χ3n) is 9.49. The first-order chi connectivity index (χ1) is 19.1. The van der Waals surface area contributed by atoms with Crippen molar-refractivity contribution < 1.29 is 19.1 Å². The number of nitrogens with zero attached hydrogens (tertiary/aromatic N) is 2. The smallest absolute Gasteiger partial charge is 0.254 e. The van der Waals surface area contributed by atoms with Crippen molar-refractivity contribution in [3.8, 4) is 21.9 Å². The lowest BCUT2D eigenvalue weighted by Crippen LogP contribution is -2.46. The topological polar surface area (TPSA) is 59.1 Å². The zero-order valence-electron chi connectivity index (χ0n) is 24.6. The minimum Gasteiger partial charge on any atom is -0.448 e. The molecule has 1 aromatic carbocycles. The monoisotopic (exact) mass is 560 g/mol. The predicted octanol–water partition coefficient (Wildman–Crippen LogP) is 6.57. The molecule has 6 rings (SSSR count). The van der Waals surface area contributed by atoms with Crippen molar-refractivity contribution >= 4 is 23.0 Å². The lowest BCUT2D eigenvalue weighted by Gasteiger charge is -2.39. The van der Waals surface area contributed by atoms with Crippen molar-refractivity contribution in [3.63, 3.8) is 0 Å². The molecule has 1 fully saturated rings. The summed E-state index contributed by atoms with van der Waals surface area (Å²) < 4.78 is 13.6. The number of hydrogen-bond donors (Lipinski definition) is 0. The molecule has 0 saturated heterocycles. The largest absolute Gasteiger partial charge is 0.448 e. The summed E-state index contributed by atoms with van der Waals surface area (Å²) in [5.74, 6) is 1.11. The van der Waals surface area contributed by atoms with Gasteiger partial charge in [-0.15, -0.1) is 11.3 Å². The van der Waals surface area contributed by atoms with E-state index in [0.717, 1.165) is 69.7 Å². The van der Waals surface area contributed by atoms with Crippen LogP contribution >= 0.6 is 11.3 Å². The van der Waals surface area contributed by atoms with Crippen molar-refractivity contribution in [1.29, 1.82) is 0 Å². The van der Waals surface area contributed by atoms with E-state index in [2.05, 4.69) is 43.4 Å². The van der Waals surface area contributed by atoms with Crippen molar-refractivity contribution in [1.82, 2.24) is 9.80 Å². The first-order valence-electron chi connectivity index (χ1n) is 14.5. The van der Waals surface area contributed by atoms with Gasteiger partial charge in [0.15, 0.2) is 17.3 Å². The van der Waals surface area contributed by atoms with Crippen LogP contribution in [0.1, 0.15) is 74.4 Å². The molecule has 1 aromatic heterocycles. The van der Waals surface area contributed by atoms with Gasteiger partial charge in [0.1, 0.15) is 0 Å². The molecule has 212 valence electrons. The van der Waals surface area contributed by atoms with Crippen LogP contribution in [0.4, 0.5) is 0 Å². The number of benzene rings is 1. The molecular formula is C33H40N2O4S. The highest BCUT2D eigenvalue weighted by Gasteiger charge is 2.49. The van der Waals surface area contributed by atoms with Crippen LogP contribution in [-0.2, 0) is 11.2 Å². The number of ether oxygens (including phenoxy) is 2. The fourth-order valence-corrected chi connectivity index (χ4v) is 7.98. The fourth-order valence-electron chi connectivity index (χ4n) is 7.18. The molecule has 0 N–H and O–H groups in total. The number of fused-ring (bicyclic) bond motifs is 2. The van der Waals surface area contributed by atoms with Crippen LogP contribution in [-0.4, -0.2) is 60.5 Å². The highest BCUT2D eigenvalue weighted by molar-refractivity contribution is 7.13. The number of rotatable bonds is 5. The third-order valence-corrected chi connectivity index (χ3v) is 10.4. The normalized spacial score (nSPS) is 26.5. The molecule has 2 aromatic rings. The lowest BCUT2D eigenvalue weighted by atomic mass is 9.81. The van der Waals surface area contributed by atoms with Crippen molar-refractivity contribution in [2.24, 2.45) is 5.92 Å². The van der Waals surface area contributed by atoms with Gasteiger partial charge in [-0.3, -0.25) is 9.59 Å². The highest BCUT2D eigenvalue weighted by atomic mass is 32.1. The first kappa shape index (κ1) is 27.3. The summed E-state index contributed by atoms with van der Waals surface area (Å²) in [6, 6.07) is 4.75. The molecule has 1 amide bonds. The van der Waals surface area contributed by atoms with Crippen LogP contribution < -0.4 is 9.47 Å². The molecule has 3 heterocycles. The maximum absolute atomic E-state index is 14.2. The van der Waals surface area contributed by atoms with E-state index in [1.165, 1.54) is 0 Å². The van der Waals surface area contributed by atoms with Gasteiger partial charge in [-0.05, 0) is 89.6 Å². The van der Waals surface area contributed by atoms with Crippen LogP contribution in [0, 0.1) is 12.8 Å². The Morgan fingerprint density at radius 2 is 1.77 bits per heavy atom. The van der Waals surface area contributed by atoms with Crippen LogP contribution in [0.3, 0.4) is 0 Å². The Kier molecular flexibility index (Phi) is 6.94. The van der Waals surface area contributed by atoms with E-state index in [-0.39, 0.29) is 17.6 Å². The average Bonchev–Trinajstić information content (AvgIpc) is 3.56. The van der Waals surface area contributed by atoms with Crippen molar-refractivity contribution in [2.45, 2.75) is 78.0 Å². The first-order valence-corrected chi connectivity index (χ1v) is 15.4. The zero-order valence-corrected chi connectivity index (χ0v) is 25.4. The summed E-state index contributed by atoms with van der Waals surface area (Å²) in [5, 5.41) is 2.07. The average molecular weight is 561 g/mol. The summed E-state index contributed by atoms with van der Waals surface area (Å²) in [5.41, 5.74) is 6.40. The zero-order chi connectivity index (χ0) is 28.3. The Labute approximate surface area is 241 Å². The molecule has 6 nitrogen and oxygen atoms in total. The van der Waals surface area contributed by atoms with Gasteiger partial charge < -0.3 is 19.3 Å². The standard InChI is InChI=1S/C33H40N2O4S/c1-19-16-20(2)25(26(36)17-19)18-35-14-13-24-28(32(35)37)21(3)30-31(29(24)27-8-7-15-40-27)39-33(4,38-30)22-9-11-23(12-10-22)34(5)6/h7-8,15-16,22-23H,9-14,17-18H2,1-6H3/t22?,23?,33-/m1/s1. The summed E-state index contributed by atoms with van der Waals surface area (Å²) in [7, 11) is 4.32. The van der Waals surface area contributed by atoms with E-state index < -0.39 is 5.79 Å². The van der Waals surface area contributed by atoms with Gasteiger partial charge in [-0.1, -0.05) is 17.7 Å². The van der Waals surface area contributed by atoms with Gasteiger partial charge in [-0.2, -0.15) is 0 Å². The highest BCUT2D eigenvalue weighted by Crippen LogP contribution is 2.55. The van der Waals surface area contributed by atoms with E-state index in [4.69, 9.17) is 9.47 Å². The number of allylic oxidation sites excluding steroid dienone is 3. The molecule has 1 atom stereocenters. The van der Waals surface area contributed by atoms with Crippen LogP contribution in [0.5, 0.6) is 11.5 Å². The second kappa shape index (κ2) is 10.2. The number of hydrogen-bond acceptors (Lipinski definition) is 6. The van der Waals surface area contributed by atoms with E-state index in [0.29, 0.717) is 43.3 Å². The fraction of sp³-hybridized carbons (Fsp3) is 0.515. The van der Waals surface area contributed by atoms with Gasteiger partial charge in [0.05, 0.1) is 5.56 Å². The lowest BCUT2D eigenvalue weighted by molar-refractivity contribution is -0.123. The van der Waals surface area contributed by atoms with Gasteiger partial charge >= 0.3 is 0 Å². The summed E-state index contributed by atoms with van der Waals surface area (Å²) >= 11 is 1.67. The SMILES string of the molecule is CC1=CC(C)=C(CN2CCc3c(c(C)c4c(c3-c3cccs3)O[C@](C)(C3CCC(N(C)C)CC3)O4)C2=O)C(=O)C1. The molecular weight excluding hydrogens is 520 g/mol. The number of carbonyl (C=O) groups is 2. The minimum absolute atomic E-state index is 0.0255. The molecule has 0 spiro atoms. The van der Waals surface area contributed by atoms with Crippen LogP contribution in [0.25, 0.3) is 10.4 Å². The maximum atomic E-state index is 14.2. The number of carbonyl (C=O) groups excluding carboxylic acids is 2. The van der Waals surface area contributed by atoms with Gasteiger partial charge in [0.2, 0.25) is 0 Å². The van der Waals surface area contributed by atoms with Crippen molar-refractivity contribution in [3.05, 3.63) is 57.0 Å². The molecule has 0 unspecified atom stereocenters. The van der Waals surface area contributed by atoms with E-state index in [1.807, 2.05) is 31.7 Å². The number of amides is 1. The molecule has 40 heavy (non-hydrogen) atoms. The Bertz CT molecular complexity index is 1430. The molecule has 0 bridgehead atoms. The summed E-state index contributed by atoms with van der Waals surface area (Å²) in [6.45, 7) is 8.96. The van der Waals surface area contributed by atoms with Gasteiger partial charge in [-0.25, -0.2) is 0 Å².